The van der Waals surface area contributed by atoms with E-state index in [2.05, 4.69) is 0 Å². The van der Waals surface area contributed by atoms with Gasteiger partial charge in [0.05, 0.1) is 18.8 Å². The third-order valence-electron chi connectivity index (χ3n) is 1.74. The van der Waals surface area contributed by atoms with Crippen LogP contribution in [0.25, 0.3) is 0 Å². The Morgan fingerprint density at radius 3 is 2.50 bits per heavy atom. The van der Waals surface area contributed by atoms with E-state index in [9.17, 15) is 4.79 Å². The molecule has 4 heteroatoms. The van der Waals surface area contributed by atoms with Gasteiger partial charge in [-0.1, -0.05) is 0 Å². The minimum absolute atomic E-state index is 0.137. The van der Waals surface area contributed by atoms with E-state index >= 15 is 0 Å². The van der Waals surface area contributed by atoms with Crippen LogP contribution in [-0.2, 0) is 9.53 Å². The number of hydrogen-bond donors (Lipinski definition) is 2. The van der Waals surface area contributed by atoms with Crippen molar-refractivity contribution in [2.75, 3.05) is 6.61 Å². The Balaban J connectivity index is 2.63. The number of rotatable bonds is 1. The SMILES string of the molecule is C[C@H]1OC[C@H](O)[C@H]1C(=O)O. The van der Waals surface area contributed by atoms with E-state index in [1.165, 1.54) is 0 Å². The standard InChI is InChI=1S/C6H10O4/c1-3-5(6(8)9)4(7)2-10-3/h3-5,7H,2H2,1H3,(H,8,9)/t3-,4+,5+/m1/s1. The Kier molecular flexibility index (Phi) is 1.92. The van der Waals surface area contributed by atoms with Gasteiger partial charge in [-0.15, -0.1) is 0 Å². The summed E-state index contributed by atoms with van der Waals surface area (Å²) in [5.74, 6) is -1.74. The van der Waals surface area contributed by atoms with Crippen LogP contribution < -0.4 is 0 Å². The molecular weight excluding hydrogens is 136 g/mol. The second kappa shape index (κ2) is 2.56. The lowest BCUT2D eigenvalue weighted by atomic mass is 10.0. The van der Waals surface area contributed by atoms with Gasteiger partial charge in [0.25, 0.3) is 0 Å². The molecule has 1 heterocycles. The highest BCUT2D eigenvalue weighted by Gasteiger charge is 2.38. The highest BCUT2D eigenvalue weighted by atomic mass is 16.5. The lowest BCUT2D eigenvalue weighted by molar-refractivity contribution is -0.145. The van der Waals surface area contributed by atoms with Gasteiger partial charge in [0.1, 0.15) is 5.92 Å². The summed E-state index contributed by atoms with van der Waals surface area (Å²) in [6.45, 7) is 1.78. The number of aliphatic hydroxyl groups is 1. The Morgan fingerprint density at radius 1 is 1.70 bits per heavy atom. The van der Waals surface area contributed by atoms with E-state index in [1.54, 1.807) is 6.92 Å². The van der Waals surface area contributed by atoms with Crippen molar-refractivity contribution in [1.82, 2.24) is 0 Å². The number of carbonyl (C=O) groups is 1. The van der Waals surface area contributed by atoms with Crippen LogP contribution in [-0.4, -0.2) is 35.0 Å². The summed E-state index contributed by atoms with van der Waals surface area (Å²) in [5, 5.41) is 17.5. The smallest absolute Gasteiger partial charge is 0.311 e. The van der Waals surface area contributed by atoms with Crippen molar-refractivity contribution in [3.63, 3.8) is 0 Å². The van der Waals surface area contributed by atoms with Crippen molar-refractivity contribution in [3.8, 4) is 0 Å². The van der Waals surface area contributed by atoms with Crippen LogP contribution >= 0.6 is 0 Å². The zero-order chi connectivity index (χ0) is 7.72. The molecule has 0 saturated carbocycles. The normalized spacial score (nSPS) is 40.0. The molecule has 3 atom stereocenters. The van der Waals surface area contributed by atoms with Gasteiger partial charge in [0.15, 0.2) is 0 Å². The van der Waals surface area contributed by atoms with Gasteiger partial charge >= 0.3 is 5.97 Å². The monoisotopic (exact) mass is 146 g/mol. The average molecular weight is 146 g/mol. The largest absolute Gasteiger partial charge is 0.481 e. The molecular formula is C6H10O4. The maximum atomic E-state index is 10.4. The molecule has 2 N–H and O–H groups in total. The Hall–Kier alpha value is -0.610. The van der Waals surface area contributed by atoms with Crippen LogP contribution in [0.4, 0.5) is 0 Å². The zero-order valence-electron chi connectivity index (χ0n) is 5.65. The van der Waals surface area contributed by atoms with E-state index < -0.39 is 18.0 Å². The topological polar surface area (TPSA) is 66.8 Å². The van der Waals surface area contributed by atoms with E-state index in [4.69, 9.17) is 14.9 Å². The van der Waals surface area contributed by atoms with Crippen LogP contribution in [0.3, 0.4) is 0 Å². The molecule has 0 aliphatic carbocycles. The molecule has 0 radical (unpaired) electrons. The quantitative estimate of drug-likeness (QED) is 0.521. The Labute approximate surface area is 58.4 Å². The van der Waals surface area contributed by atoms with E-state index in [0.717, 1.165) is 0 Å². The molecule has 4 nitrogen and oxygen atoms in total. The first-order chi connectivity index (χ1) is 4.63. The molecule has 0 unspecified atom stereocenters. The number of carboxylic acids is 1. The maximum Gasteiger partial charge on any atom is 0.311 e. The Morgan fingerprint density at radius 2 is 2.30 bits per heavy atom. The molecule has 0 bridgehead atoms. The van der Waals surface area contributed by atoms with Crippen molar-refractivity contribution >= 4 is 5.97 Å². The fraction of sp³-hybridized carbons (Fsp3) is 0.833. The second-order valence-electron chi connectivity index (χ2n) is 2.47. The lowest BCUT2D eigenvalue weighted by Gasteiger charge is -2.09. The molecule has 1 saturated heterocycles. The predicted octanol–water partition coefficient (Wildman–Crippen LogP) is -0.533. The Bertz CT molecular complexity index is 135. The van der Waals surface area contributed by atoms with Crippen molar-refractivity contribution < 1.29 is 19.7 Å². The average Bonchev–Trinajstić information content (AvgIpc) is 2.11. The zero-order valence-corrected chi connectivity index (χ0v) is 5.65. The van der Waals surface area contributed by atoms with Crippen molar-refractivity contribution in [2.24, 2.45) is 5.92 Å². The van der Waals surface area contributed by atoms with Crippen LogP contribution in [0.15, 0.2) is 0 Å². The van der Waals surface area contributed by atoms with Gasteiger partial charge in [-0.2, -0.15) is 0 Å². The number of aliphatic carboxylic acids is 1. The molecule has 0 amide bonds. The molecule has 58 valence electrons. The van der Waals surface area contributed by atoms with Crippen molar-refractivity contribution in [1.29, 1.82) is 0 Å². The summed E-state index contributed by atoms with van der Waals surface area (Å²) in [6, 6.07) is 0. The molecule has 0 spiro atoms. The number of ether oxygens (including phenoxy) is 1. The van der Waals surface area contributed by atoms with Crippen LogP contribution in [0.5, 0.6) is 0 Å². The molecule has 1 aliphatic rings. The number of aliphatic hydroxyl groups excluding tert-OH is 1. The highest BCUT2D eigenvalue weighted by Crippen LogP contribution is 2.20. The summed E-state index contributed by atoms with van der Waals surface area (Å²) in [7, 11) is 0. The predicted molar refractivity (Wildman–Crippen MR) is 32.5 cm³/mol. The van der Waals surface area contributed by atoms with E-state index in [-0.39, 0.29) is 12.7 Å². The molecule has 0 aromatic rings. The summed E-state index contributed by atoms with van der Waals surface area (Å²) in [6.07, 6.45) is -1.21. The number of carboxylic acid groups (broad SMARTS) is 1. The summed E-state index contributed by atoms with van der Waals surface area (Å²) in [4.78, 5) is 10.4. The lowest BCUT2D eigenvalue weighted by Crippen LogP contribution is -2.30. The highest BCUT2D eigenvalue weighted by molar-refractivity contribution is 5.71. The van der Waals surface area contributed by atoms with E-state index in [0.29, 0.717) is 0 Å². The third-order valence-corrected chi connectivity index (χ3v) is 1.74. The van der Waals surface area contributed by atoms with E-state index in [1.807, 2.05) is 0 Å². The molecule has 0 aromatic carbocycles. The van der Waals surface area contributed by atoms with Gasteiger partial charge in [-0.3, -0.25) is 4.79 Å². The minimum Gasteiger partial charge on any atom is -0.481 e. The van der Waals surface area contributed by atoms with Crippen LogP contribution in [0.2, 0.25) is 0 Å². The second-order valence-corrected chi connectivity index (χ2v) is 2.47. The minimum atomic E-state index is -0.988. The van der Waals surface area contributed by atoms with Gasteiger partial charge in [0.2, 0.25) is 0 Å². The van der Waals surface area contributed by atoms with Gasteiger partial charge in [-0.05, 0) is 6.92 Å². The fourth-order valence-corrected chi connectivity index (χ4v) is 1.14. The molecule has 10 heavy (non-hydrogen) atoms. The first-order valence-electron chi connectivity index (χ1n) is 3.15. The van der Waals surface area contributed by atoms with Crippen LogP contribution in [0.1, 0.15) is 6.92 Å². The van der Waals surface area contributed by atoms with Crippen LogP contribution in [0, 0.1) is 5.92 Å². The van der Waals surface area contributed by atoms with Gasteiger partial charge in [-0.25, -0.2) is 0 Å². The first-order valence-corrected chi connectivity index (χ1v) is 3.15. The molecule has 1 fully saturated rings. The van der Waals surface area contributed by atoms with Crippen molar-refractivity contribution in [2.45, 2.75) is 19.1 Å². The fourth-order valence-electron chi connectivity index (χ4n) is 1.14. The maximum absolute atomic E-state index is 10.4. The summed E-state index contributed by atoms with van der Waals surface area (Å²) in [5.41, 5.74) is 0. The third kappa shape index (κ3) is 1.12. The van der Waals surface area contributed by atoms with Gasteiger partial charge < -0.3 is 14.9 Å². The summed E-state index contributed by atoms with van der Waals surface area (Å²) >= 11 is 0. The van der Waals surface area contributed by atoms with Crippen molar-refractivity contribution in [3.05, 3.63) is 0 Å². The number of hydrogen-bond acceptors (Lipinski definition) is 3. The van der Waals surface area contributed by atoms with Gasteiger partial charge in [0, 0.05) is 0 Å². The molecule has 1 aliphatic heterocycles. The molecule has 0 aromatic heterocycles. The first kappa shape index (κ1) is 7.50. The molecule has 1 rings (SSSR count). The summed E-state index contributed by atoms with van der Waals surface area (Å²) < 4.78 is 4.91.